The molecule has 0 aliphatic heterocycles. The summed E-state index contributed by atoms with van der Waals surface area (Å²) in [4.78, 5) is 15.7. The van der Waals surface area contributed by atoms with Crippen LogP contribution in [-0.2, 0) is 32.9 Å². The van der Waals surface area contributed by atoms with Gasteiger partial charge in [0.25, 0.3) is 0 Å². The summed E-state index contributed by atoms with van der Waals surface area (Å²) < 4.78 is 0. The van der Waals surface area contributed by atoms with Crippen molar-refractivity contribution < 1.29 is 36.3 Å². The summed E-state index contributed by atoms with van der Waals surface area (Å²) >= 11 is 7.07. The summed E-state index contributed by atoms with van der Waals surface area (Å²) in [5.41, 5.74) is -3.11. The van der Waals surface area contributed by atoms with E-state index in [2.05, 4.69) is 24.1 Å². The van der Waals surface area contributed by atoms with Crippen molar-refractivity contribution in [3.8, 4) is 0 Å². The molecular weight excluding hydrogens is 271 g/mol. The molecule has 3 nitrogen and oxygen atoms in total. The maximum atomic E-state index is 7.87. The number of rotatable bonds is 0. The first kappa shape index (κ1) is 22.5. The first-order valence-electron chi connectivity index (χ1n) is 0.783. The van der Waals surface area contributed by atoms with Crippen LogP contribution in [-0.4, -0.2) is 15.3 Å². The molecular formula is H7MoO3PS3. The Morgan fingerprint density at radius 2 is 1.38 bits per heavy atom. The van der Waals surface area contributed by atoms with Crippen LogP contribution >= 0.6 is 31.4 Å². The van der Waals surface area contributed by atoms with Gasteiger partial charge in [-0.15, -0.1) is 0 Å². The van der Waals surface area contributed by atoms with Crippen molar-refractivity contribution in [3.05, 3.63) is 0 Å². The largest absolute Gasteiger partial charge is 0.412 e. The minimum absolute atomic E-state index is 0. The molecule has 8 heteroatoms. The Bertz CT molecular complexity index is 60.7. The van der Waals surface area contributed by atoms with E-state index in [0.717, 1.165) is 0 Å². The van der Waals surface area contributed by atoms with Crippen LogP contribution in [0.5, 0.6) is 0 Å². The Morgan fingerprint density at radius 1 is 1.38 bits per heavy atom. The second-order valence-electron chi connectivity index (χ2n) is 0.513. The summed E-state index contributed by atoms with van der Waals surface area (Å²) in [6, 6.07) is 0. The third kappa shape index (κ3) is 103. The molecule has 0 heterocycles. The van der Waals surface area contributed by atoms with E-state index in [0.29, 0.717) is 0 Å². The Morgan fingerprint density at radius 3 is 1.38 bits per heavy atom. The number of hydrogen-bond acceptors (Lipinski definition) is 1. The van der Waals surface area contributed by atoms with Crippen molar-refractivity contribution in [3.63, 3.8) is 0 Å². The monoisotopic (exact) mass is 280 g/mol. The van der Waals surface area contributed by atoms with Crippen LogP contribution in [0.4, 0.5) is 0 Å². The van der Waals surface area contributed by atoms with E-state index in [1.54, 1.807) is 0 Å². The molecule has 0 bridgehead atoms. The van der Waals surface area contributed by atoms with E-state index in [9.17, 15) is 0 Å². The fourth-order valence-corrected chi connectivity index (χ4v) is 0. The predicted octanol–water partition coefficient (Wildman–Crippen LogP) is -0.589. The average molecular weight is 278 g/mol. The Balaban J connectivity index is -0.0000000267. The van der Waals surface area contributed by atoms with Crippen LogP contribution in [0.3, 0.4) is 0 Å². The SMILES string of the molecule is O.OP(O)(=S)S.S.[Mo]. The van der Waals surface area contributed by atoms with Gasteiger partial charge in [-0.25, -0.2) is 0 Å². The summed E-state index contributed by atoms with van der Waals surface area (Å²) in [5, 5.41) is 0. The second-order valence-corrected chi connectivity index (χ2v) is 5.55. The fourth-order valence-electron chi connectivity index (χ4n) is 0. The number of thiol groups is 1. The summed E-state index contributed by atoms with van der Waals surface area (Å²) in [6.07, 6.45) is 0. The van der Waals surface area contributed by atoms with Crippen molar-refractivity contribution in [1.82, 2.24) is 0 Å². The van der Waals surface area contributed by atoms with Crippen LogP contribution in [0.1, 0.15) is 0 Å². The normalized spacial score (nSPS) is 7.38. The minimum Gasteiger partial charge on any atom is -0.412 e. The molecule has 0 saturated heterocycles. The quantitative estimate of drug-likeness (QED) is 0.315. The molecule has 0 radical (unpaired) electrons. The molecule has 0 aliphatic rings. The number of hydrogen-bond donors (Lipinski definition) is 3. The first-order chi connectivity index (χ1) is 2.00. The molecule has 0 unspecified atom stereocenters. The zero-order valence-corrected chi connectivity index (χ0v) is 9.22. The molecule has 0 aromatic carbocycles. The van der Waals surface area contributed by atoms with Gasteiger partial charge in [0.05, 0.1) is 0 Å². The zero-order valence-electron chi connectivity index (χ0n) is 3.61. The van der Waals surface area contributed by atoms with Crippen molar-refractivity contribution >= 4 is 43.2 Å². The third-order valence-electron chi connectivity index (χ3n) is 0. The van der Waals surface area contributed by atoms with Gasteiger partial charge >= 0.3 is 0 Å². The molecule has 0 aromatic rings. The van der Waals surface area contributed by atoms with Gasteiger partial charge < -0.3 is 15.3 Å². The first-order valence-corrected chi connectivity index (χ1v) is 4.64. The molecule has 8 heavy (non-hydrogen) atoms. The Hall–Kier alpha value is 1.92. The van der Waals surface area contributed by atoms with E-state index in [1.165, 1.54) is 0 Å². The van der Waals surface area contributed by atoms with Crippen LogP contribution < -0.4 is 0 Å². The van der Waals surface area contributed by atoms with Crippen molar-refractivity contribution in [2.75, 3.05) is 0 Å². The van der Waals surface area contributed by atoms with E-state index in [-0.39, 0.29) is 40.0 Å². The average Bonchev–Trinajstić information content (AvgIpc) is 0.722. The third-order valence-corrected chi connectivity index (χ3v) is 0. The molecule has 4 N–H and O–H groups in total. The summed E-state index contributed by atoms with van der Waals surface area (Å²) in [6.45, 7) is 0. The molecule has 0 saturated carbocycles. The van der Waals surface area contributed by atoms with Crippen LogP contribution in [0.15, 0.2) is 0 Å². The van der Waals surface area contributed by atoms with Gasteiger partial charge in [-0.2, -0.15) is 13.5 Å². The van der Waals surface area contributed by atoms with Crippen molar-refractivity contribution in [1.29, 1.82) is 0 Å². The molecule has 0 aromatic heterocycles. The van der Waals surface area contributed by atoms with E-state index < -0.39 is 5.69 Å². The second kappa shape index (κ2) is 8.92. The van der Waals surface area contributed by atoms with Gasteiger partial charge in [0.2, 0.25) is 5.69 Å². The minimum atomic E-state index is -3.11. The van der Waals surface area contributed by atoms with Crippen LogP contribution in [0, 0.1) is 0 Å². The molecule has 0 fully saturated rings. The smallest absolute Gasteiger partial charge is 0.239 e. The molecule has 0 atom stereocenters. The van der Waals surface area contributed by atoms with Gasteiger partial charge in [-0.05, 0) is 11.8 Å². The van der Waals surface area contributed by atoms with Gasteiger partial charge in [0.15, 0.2) is 0 Å². The van der Waals surface area contributed by atoms with Gasteiger partial charge in [-0.3, -0.25) is 0 Å². The molecule has 0 spiro atoms. The van der Waals surface area contributed by atoms with Gasteiger partial charge in [0.1, 0.15) is 0 Å². The van der Waals surface area contributed by atoms with Gasteiger partial charge in [0, 0.05) is 21.1 Å². The molecule has 54 valence electrons. The van der Waals surface area contributed by atoms with E-state index >= 15 is 0 Å². The Labute approximate surface area is 79.2 Å². The van der Waals surface area contributed by atoms with Crippen molar-refractivity contribution in [2.24, 2.45) is 0 Å². The van der Waals surface area contributed by atoms with Gasteiger partial charge in [-0.1, -0.05) is 12.2 Å². The summed E-state index contributed by atoms with van der Waals surface area (Å²) in [7, 11) is 0. The fraction of sp³-hybridized carbons (Fsp3) is 0. The van der Waals surface area contributed by atoms with E-state index in [1.807, 2.05) is 0 Å². The topological polar surface area (TPSA) is 72.0 Å². The van der Waals surface area contributed by atoms with Crippen LogP contribution in [0.2, 0.25) is 0 Å². The standard InChI is InChI=1S/Mo.H3O2PS2.H2O.H2S/c;1-3(2,4)5;;/h;(H3,1,2,4,5);2*1H2. The maximum absolute atomic E-state index is 7.87. The Kier molecular flexibility index (Phi) is 25.1. The van der Waals surface area contributed by atoms with Crippen molar-refractivity contribution in [2.45, 2.75) is 0 Å². The predicted molar refractivity (Wildman–Crippen MR) is 41.7 cm³/mol. The van der Waals surface area contributed by atoms with E-state index in [4.69, 9.17) is 9.79 Å². The molecule has 0 amide bonds. The molecule has 0 rings (SSSR count). The maximum Gasteiger partial charge on any atom is 0.239 e. The molecule has 0 aliphatic carbocycles. The van der Waals surface area contributed by atoms with Crippen LogP contribution in [0.25, 0.3) is 0 Å². The summed E-state index contributed by atoms with van der Waals surface area (Å²) in [5.74, 6) is 0. The zero-order chi connectivity index (χ0) is 4.50.